The highest BCUT2D eigenvalue weighted by molar-refractivity contribution is 7.81. The van der Waals surface area contributed by atoms with Gasteiger partial charge < -0.3 is 0 Å². The number of fused-ring (bicyclic) bond motifs is 5. The molecule has 0 saturated heterocycles. The van der Waals surface area contributed by atoms with E-state index in [1.807, 2.05) is 6.92 Å². The first-order chi connectivity index (χ1) is 19.8. The van der Waals surface area contributed by atoms with Crippen LogP contribution in [-0.2, 0) is 43.7 Å². The van der Waals surface area contributed by atoms with Gasteiger partial charge in [-0.2, -0.15) is 25.3 Å². The largest absolute Gasteiger partial charge is 0.397 e. The molecule has 0 radical (unpaired) electrons. The summed E-state index contributed by atoms with van der Waals surface area (Å²) < 4.78 is 115. The summed E-state index contributed by atoms with van der Waals surface area (Å²) in [7, 11) is -15.0. The predicted molar refractivity (Wildman–Crippen MR) is 162 cm³/mol. The molecule has 0 amide bonds. The molecule has 4 saturated carbocycles. The molecule has 15 heteroatoms. The van der Waals surface area contributed by atoms with Gasteiger partial charge in [-0.15, -0.1) is 0 Å². The Hall–Kier alpha value is -0.390. The Morgan fingerprint density at radius 2 is 1.23 bits per heavy atom. The first-order valence-corrected chi connectivity index (χ1v) is 19.9. The average Bonchev–Trinajstić information content (AvgIpc) is 3.17. The molecule has 0 aliphatic heterocycles. The van der Waals surface area contributed by atoms with E-state index >= 15 is 0 Å². The summed E-state index contributed by atoms with van der Waals surface area (Å²) in [4.78, 5) is 0. The minimum atomic E-state index is -5.06. The lowest BCUT2D eigenvalue weighted by atomic mass is 9.43. The summed E-state index contributed by atoms with van der Waals surface area (Å²) in [5.41, 5.74) is -0.578. The molecule has 3 N–H and O–H groups in total. The van der Waals surface area contributed by atoms with Crippen molar-refractivity contribution in [1.82, 2.24) is 0 Å². The summed E-state index contributed by atoms with van der Waals surface area (Å²) in [6.45, 7) is 15.7. The van der Waals surface area contributed by atoms with Crippen molar-refractivity contribution in [1.29, 1.82) is 0 Å². The van der Waals surface area contributed by atoms with Gasteiger partial charge in [0.1, 0.15) is 12.2 Å². The highest BCUT2D eigenvalue weighted by Gasteiger charge is 2.65. The maximum atomic E-state index is 12.1. The fourth-order valence-electron chi connectivity index (χ4n) is 10.2. The molecular formula is C29H52O12S3. The quantitative estimate of drug-likeness (QED) is 0.244. The van der Waals surface area contributed by atoms with Crippen molar-refractivity contribution in [2.24, 2.45) is 57.7 Å². The molecule has 4 rings (SSSR count). The fourth-order valence-corrected chi connectivity index (χ4v) is 11.7. The lowest BCUT2D eigenvalue weighted by Crippen LogP contribution is -2.62. The molecule has 0 heterocycles. The van der Waals surface area contributed by atoms with Crippen LogP contribution in [0.5, 0.6) is 0 Å². The first-order valence-electron chi connectivity index (χ1n) is 15.8. The highest BCUT2D eigenvalue weighted by atomic mass is 32.3. The van der Waals surface area contributed by atoms with Crippen LogP contribution in [0.2, 0.25) is 0 Å². The van der Waals surface area contributed by atoms with Crippen LogP contribution in [0.4, 0.5) is 0 Å². The van der Waals surface area contributed by atoms with E-state index in [2.05, 4.69) is 41.5 Å². The normalized spacial score (nSPS) is 41.3. The maximum Gasteiger partial charge on any atom is 0.397 e. The smallest absolute Gasteiger partial charge is 0.264 e. The van der Waals surface area contributed by atoms with Crippen LogP contribution < -0.4 is 0 Å². The average molecular weight is 689 g/mol. The molecule has 44 heavy (non-hydrogen) atoms. The molecule has 0 bridgehead atoms. The molecule has 12 nitrogen and oxygen atoms in total. The first kappa shape index (κ1) is 36.4. The topological polar surface area (TPSA) is 191 Å². The van der Waals surface area contributed by atoms with Crippen molar-refractivity contribution in [3.8, 4) is 0 Å². The Bertz CT molecular complexity index is 1370. The van der Waals surface area contributed by atoms with Gasteiger partial charge in [0.05, 0.1) is 6.10 Å². The molecular weight excluding hydrogens is 637 g/mol. The van der Waals surface area contributed by atoms with E-state index in [1.54, 1.807) is 0 Å². The molecule has 0 unspecified atom stereocenters. The number of hydrogen-bond donors (Lipinski definition) is 3. The zero-order valence-electron chi connectivity index (χ0n) is 26.9. The van der Waals surface area contributed by atoms with Gasteiger partial charge >= 0.3 is 31.2 Å². The van der Waals surface area contributed by atoms with Crippen LogP contribution in [0.25, 0.3) is 0 Å². The fraction of sp³-hybridized carbons (Fsp3) is 1.00. The molecule has 258 valence electrons. The summed E-state index contributed by atoms with van der Waals surface area (Å²) in [6, 6.07) is 0. The summed E-state index contributed by atoms with van der Waals surface area (Å²) in [5, 5.41) is 0. The van der Waals surface area contributed by atoms with Gasteiger partial charge in [-0.1, -0.05) is 54.9 Å². The van der Waals surface area contributed by atoms with E-state index in [1.165, 1.54) is 0 Å². The number of hydrogen-bond acceptors (Lipinski definition) is 9. The zero-order valence-corrected chi connectivity index (χ0v) is 29.3. The van der Waals surface area contributed by atoms with Gasteiger partial charge in [0.15, 0.2) is 0 Å². The van der Waals surface area contributed by atoms with E-state index in [0.29, 0.717) is 24.2 Å². The Labute approximate surface area is 264 Å². The monoisotopic (exact) mass is 688 g/mol. The molecule has 4 aliphatic carbocycles. The molecule has 4 aliphatic rings. The zero-order chi connectivity index (χ0) is 33.3. The minimum Gasteiger partial charge on any atom is -0.264 e. The van der Waals surface area contributed by atoms with Gasteiger partial charge in [0, 0.05) is 0 Å². The third kappa shape index (κ3) is 7.83. The van der Waals surface area contributed by atoms with Crippen LogP contribution in [0, 0.1) is 57.7 Å². The van der Waals surface area contributed by atoms with Crippen LogP contribution in [0.3, 0.4) is 0 Å². The van der Waals surface area contributed by atoms with Crippen molar-refractivity contribution in [2.75, 3.05) is 0 Å². The Morgan fingerprint density at radius 3 is 1.77 bits per heavy atom. The number of rotatable bonds is 10. The van der Waals surface area contributed by atoms with Crippen molar-refractivity contribution < 1.29 is 51.5 Å². The van der Waals surface area contributed by atoms with Crippen molar-refractivity contribution in [3.05, 3.63) is 0 Å². The van der Waals surface area contributed by atoms with Crippen molar-refractivity contribution in [3.63, 3.8) is 0 Å². The van der Waals surface area contributed by atoms with Crippen LogP contribution in [0.15, 0.2) is 0 Å². The second-order valence-corrected chi connectivity index (χ2v) is 19.0. The van der Waals surface area contributed by atoms with Gasteiger partial charge in [-0.05, 0) is 109 Å². The predicted octanol–water partition coefficient (Wildman–Crippen LogP) is 5.53. The maximum absolute atomic E-state index is 12.1. The van der Waals surface area contributed by atoms with Crippen LogP contribution >= 0.6 is 0 Å². The lowest BCUT2D eigenvalue weighted by molar-refractivity contribution is -0.184. The second-order valence-electron chi connectivity index (χ2n) is 15.9. The molecule has 0 aromatic carbocycles. The lowest BCUT2D eigenvalue weighted by Gasteiger charge is -2.63. The third-order valence-electron chi connectivity index (χ3n) is 12.7. The van der Waals surface area contributed by atoms with Gasteiger partial charge in [-0.25, -0.2) is 12.5 Å². The van der Waals surface area contributed by atoms with Gasteiger partial charge in [-0.3, -0.25) is 13.7 Å². The SMILES string of the molecule is C[C@@H](CC[C@H](C)C(C)(C)C)[C@H]1CC[C@H]2[C@@H]3C[C@H](OS(=O)(=O)O)[C@H]4C[C@H](OS(=O)(=O)O)[C@@H](OS(=O)(=O)O)C[C@]4(C)[C@H]3CC[C@]12C. The van der Waals surface area contributed by atoms with E-state index < -0.39 is 60.8 Å². The summed E-state index contributed by atoms with van der Waals surface area (Å²) >= 11 is 0. The standard InChI is InChI=1S/C29H52O12S3/c1-17(8-9-18(2)27(3,4)5)20-10-11-21-19-14-24(39-42(30,31)32)23-15-25(40-43(33,34)35)26(41-44(36,37)38)16-29(23,7)22(19)12-13-28(20,21)6/h17-26H,8-16H2,1-7H3,(H,30,31,32)(H,33,34,35)(H,36,37,38)/t17-,18-,19-,20+,21-,22-,23+,24-,25-,26-,28+,29+/m0/s1. The molecule has 0 aromatic rings. The Kier molecular flexibility index (Phi) is 10.1. The van der Waals surface area contributed by atoms with Crippen molar-refractivity contribution in [2.45, 2.75) is 125 Å². The van der Waals surface area contributed by atoms with Crippen molar-refractivity contribution >= 4 is 31.2 Å². The van der Waals surface area contributed by atoms with Crippen LogP contribution in [0.1, 0.15) is 106 Å². The van der Waals surface area contributed by atoms with E-state index in [0.717, 1.165) is 38.5 Å². The summed E-state index contributed by atoms with van der Waals surface area (Å²) in [6.07, 6.45) is 1.92. The minimum absolute atomic E-state index is 0.00197. The molecule has 0 aromatic heterocycles. The van der Waals surface area contributed by atoms with Gasteiger partial charge in [0.25, 0.3) is 0 Å². The third-order valence-corrected chi connectivity index (χ3v) is 14.1. The van der Waals surface area contributed by atoms with E-state index in [9.17, 15) is 38.9 Å². The van der Waals surface area contributed by atoms with Gasteiger partial charge in [0.2, 0.25) is 0 Å². The van der Waals surface area contributed by atoms with E-state index in [4.69, 9.17) is 12.5 Å². The van der Waals surface area contributed by atoms with Crippen LogP contribution in [-0.4, -0.2) is 57.2 Å². The second kappa shape index (κ2) is 12.2. The van der Waals surface area contributed by atoms with E-state index in [-0.39, 0.29) is 41.4 Å². The molecule has 12 atom stereocenters. The molecule has 0 spiro atoms. The highest BCUT2D eigenvalue weighted by Crippen LogP contribution is 2.69. The Balaban J connectivity index is 1.66. The molecule has 4 fully saturated rings. The Morgan fingerprint density at radius 1 is 0.705 bits per heavy atom. The summed E-state index contributed by atoms with van der Waals surface area (Å²) in [5.74, 6) is 1.12.